The van der Waals surface area contributed by atoms with Crippen LogP contribution < -0.4 is 5.46 Å². The van der Waals surface area contributed by atoms with E-state index < -0.39 is 0 Å². The highest BCUT2D eigenvalue weighted by Crippen LogP contribution is 2.36. The van der Waals surface area contributed by atoms with Crippen molar-refractivity contribution in [3.8, 4) is 0 Å². The molecule has 0 unspecified atom stereocenters. The zero-order chi connectivity index (χ0) is 16.7. The lowest BCUT2D eigenvalue weighted by Gasteiger charge is -2.32. The summed E-state index contributed by atoms with van der Waals surface area (Å²) in [5.41, 5.74) is 1.46. The number of hydrogen-bond donors (Lipinski definition) is 0. The van der Waals surface area contributed by atoms with Gasteiger partial charge in [-0.1, -0.05) is 0 Å². The molecule has 5 nitrogen and oxygen atoms in total. The minimum Gasteiger partial charge on any atom is -0.399 e. The molecule has 0 radical (unpaired) electrons. The fraction of sp³-hybridized carbons (Fsp3) is 0.824. The van der Waals surface area contributed by atoms with Crippen LogP contribution in [-0.4, -0.2) is 52.6 Å². The summed E-state index contributed by atoms with van der Waals surface area (Å²) < 4.78 is 14.3. The summed E-state index contributed by atoms with van der Waals surface area (Å²) in [6.45, 7) is 15.0. The summed E-state index contributed by atoms with van der Waals surface area (Å²) >= 11 is 0. The molecule has 1 aromatic rings. The van der Waals surface area contributed by atoms with E-state index in [-0.39, 0.29) is 18.3 Å². The Hall–Kier alpha value is -0.845. The number of rotatable bonds is 5. The monoisotopic (exact) mass is 319 g/mol. The highest BCUT2D eigenvalue weighted by molar-refractivity contribution is 6.62. The van der Waals surface area contributed by atoms with Crippen molar-refractivity contribution in [1.29, 1.82) is 0 Å². The van der Waals surface area contributed by atoms with E-state index in [1.807, 2.05) is 11.6 Å². The van der Waals surface area contributed by atoms with Gasteiger partial charge >= 0.3 is 7.12 Å². The van der Waals surface area contributed by atoms with Gasteiger partial charge in [-0.25, -0.2) is 0 Å². The third-order valence-electron chi connectivity index (χ3n) is 5.55. The lowest BCUT2D eigenvalue weighted by Crippen LogP contribution is -2.41. The number of hydrogen-bond acceptors (Lipinski definition) is 4. The summed E-state index contributed by atoms with van der Waals surface area (Å²) in [6, 6.07) is 0. The molecule has 0 spiro atoms. The van der Waals surface area contributed by atoms with Crippen LogP contribution in [-0.2, 0) is 15.9 Å². The predicted molar refractivity (Wildman–Crippen MR) is 93.0 cm³/mol. The molecule has 0 bridgehead atoms. The molecule has 0 amide bonds. The molecule has 2 aliphatic rings. The van der Waals surface area contributed by atoms with Crippen molar-refractivity contribution in [3.05, 3.63) is 11.9 Å². The van der Waals surface area contributed by atoms with Gasteiger partial charge in [-0.05, 0) is 73.5 Å². The van der Waals surface area contributed by atoms with E-state index in [0.717, 1.165) is 24.1 Å². The van der Waals surface area contributed by atoms with Crippen molar-refractivity contribution in [2.24, 2.45) is 0 Å². The van der Waals surface area contributed by atoms with Crippen LogP contribution in [0.2, 0.25) is 0 Å². The number of likely N-dealkylation sites (tertiary alicyclic amines) is 1. The molecule has 0 saturated carbocycles. The Morgan fingerprint density at radius 1 is 1.09 bits per heavy atom. The topological polar surface area (TPSA) is 39.5 Å². The van der Waals surface area contributed by atoms with Gasteiger partial charge in [0.1, 0.15) is 0 Å². The summed E-state index contributed by atoms with van der Waals surface area (Å²) in [4.78, 5) is 2.55. The summed E-state index contributed by atoms with van der Waals surface area (Å²) in [6.07, 6.45) is 5.95. The summed E-state index contributed by atoms with van der Waals surface area (Å²) in [5, 5.41) is 4.65. The van der Waals surface area contributed by atoms with Gasteiger partial charge in [-0.3, -0.25) is 4.68 Å². The first-order valence-corrected chi connectivity index (χ1v) is 8.90. The average Bonchev–Trinajstić information content (AvgIpc) is 3.11. The van der Waals surface area contributed by atoms with Crippen LogP contribution in [0.15, 0.2) is 6.20 Å². The van der Waals surface area contributed by atoms with Gasteiger partial charge in [0, 0.05) is 18.2 Å². The fourth-order valence-corrected chi connectivity index (χ4v) is 3.31. The number of nitrogens with zero attached hydrogens (tertiary/aromatic N) is 3. The number of aryl methyl sites for hydroxylation is 2. The standard InChI is InChI=1S/C17H30BN3O2/c1-14-15(18-22-16(2,3)17(4,5)23-18)13-21(19-14)12-8-11-20-9-6-7-10-20/h13H,6-12H2,1-5H3. The van der Waals surface area contributed by atoms with E-state index in [1.54, 1.807) is 0 Å². The Kier molecular flexibility index (Phi) is 4.60. The van der Waals surface area contributed by atoms with Crippen LogP contribution in [0.3, 0.4) is 0 Å². The van der Waals surface area contributed by atoms with Gasteiger partial charge in [0.05, 0.1) is 16.9 Å². The first kappa shape index (κ1) is 17.0. The largest absolute Gasteiger partial charge is 0.498 e. The van der Waals surface area contributed by atoms with E-state index in [1.165, 1.54) is 32.5 Å². The van der Waals surface area contributed by atoms with Crippen molar-refractivity contribution < 1.29 is 9.31 Å². The van der Waals surface area contributed by atoms with Gasteiger partial charge < -0.3 is 14.2 Å². The molecule has 2 aliphatic heterocycles. The van der Waals surface area contributed by atoms with Gasteiger partial charge in [0.25, 0.3) is 0 Å². The second-order valence-electron chi connectivity index (χ2n) is 7.92. The van der Waals surface area contributed by atoms with Gasteiger partial charge in [-0.2, -0.15) is 5.10 Å². The molecule has 0 N–H and O–H groups in total. The number of aromatic nitrogens is 2. The van der Waals surface area contributed by atoms with E-state index in [2.05, 4.69) is 43.9 Å². The van der Waals surface area contributed by atoms with E-state index in [0.29, 0.717) is 0 Å². The zero-order valence-corrected chi connectivity index (χ0v) is 15.3. The molecule has 6 heteroatoms. The smallest absolute Gasteiger partial charge is 0.399 e. The van der Waals surface area contributed by atoms with Gasteiger partial charge in [0.15, 0.2) is 0 Å². The minimum atomic E-state index is -0.313. The van der Waals surface area contributed by atoms with Crippen LogP contribution in [0.25, 0.3) is 0 Å². The maximum absolute atomic E-state index is 6.15. The third kappa shape index (κ3) is 3.49. The van der Waals surface area contributed by atoms with Crippen molar-refractivity contribution in [2.45, 2.75) is 71.6 Å². The molecule has 1 aromatic heterocycles. The van der Waals surface area contributed by atoms with Gasteiger partial charge in [0.2, 0.25) is 0 Å². The lowest BCUT2D eigenvalue weighted by atomic mass is 9.79. The summed E-state index contributed by atoms with van der Waals surface area (Å²) in [5.74, 6) is 0. The van der Waals surface area contributed by atoms with Crippen molar-refractivity contribution in [3.63, 3.8) is 0 Å². The molecule has 2 saturated heterocycles. The fourth-order valence-electron chi connectivity index (χ4n) is 3.31. The molecule has 0 aromatic carbocycles. The quantitative estimate of drug-likeness (QED) is 0.778. The maximum Gasteiger partial charge on any atom is 0.498 e. The highest BCUT2D eigenvalue weighted by atomic mass is 16.7. The lowest BCUT2D eigenvalue weighted by molar-refractivity contribution is 0.00578. The first-order chi connectivity index (χ1) is 10.8. The van der Waals surface area contributed by atoms with Crippen LogP contribution in [0, 0.1) is 6.92 Å². The van der Waals surface area contributed by atoms with Crippen molar-refractivity contribution in [2.75, 3.05) is 19.6 Å². The Balaban J connectivity index is 1.60. The van der Waals surface area contributed by atoms with Crippen molar-refractivity contribution in [1.82, 2.24) is 14.7 Å². The third-order valence-corrected chi connectivity index (χ3v) is 5.55. The molecule has 0 atom stereocenters. The Labute approximate surface area is 140 Å². The molecule has 3 heterocycles. The van der Waals surface area contributed by atoms with E-state index in [9.17, 15) is 0 Å². The first-order valence-electron chi connectivity index (χ1n) is 8.90. The molecule has 23 heavy (non-hydrogen) atoms. The Bertz CT molecular complexity index is 534. The van der Waals surface area contributed by atoms with Gasteiger partial charge in [-0.15, -0.1) is 0 Å². The Morgan fingerprint density at radius 2 is 1.70 bits per heavy atom. The second-order valence-corrected chi connectivity index (χ2v) is 7.92. The van der Waals surface area contributed by atoms with Crippen molar-refractivity contribution >= 4 is 12.6 Å². The van der Waals surface area contributed by atoms with Crippen LogP contribution in [0.5, 0.6) is 0 Å². The van der Waals surface area contributed by atoms with Crippen LogP contribution >= 0.6 is 0 Å². The molecule has 128 valence electrons. The SMILES string of the molecule is Cc1nn(CCCN2CCCC2)cc1B1OC(C)(C)C(C)(C)O1. The molecular weight excluding hydrogens is 289 g/mol. The highest BCUT2D eigenvalue weighted by Gasteiger charge is 2.52. The molecule has 2 fully saturated rings. The molecule has 0 aliphatic carbocycles. The molecule has 3 rings (SSSR count). The predicted octanol–water partition coefficient (Wildman–Crippen LogP) is 1.98. The summed E-state index contributed by atoms with van der Waals surface area (Å²) in [7, 11) is -0.313. The van der Waals surface area contributed by atoms with E-state index >= 15 is 0 Å². The van der Waals surface area contributed by atoms with E-state index in [4.69, 9.17) is 9.31 Å². The average molecular weight is 319 g/mol. The van der Waals surface area contributed by atoms with Crippen LogP contribution in [0.4, 0.5) is 0 Å². The minimum absolute atomic E-state index is 0.304. The Morgan fingerprint density at radius 3 is 2.30 bits per heavy atom. The van der Waals surface area contributed by atoms with Crippen LogP contribution in [0.1, 0.15) is 52.7 Å². The zero-order valence-electron chi connectivity index (χ0n) is 15.3. The normalized spacial score (nSPS) is 23.8. The molecular formula is C17H30BN3O2. The second kappa shape index (κ2) is 6.23. The maximum atomic E-state index is 6.15.